The maximum absolute atomic E-state index is 12.4. The van der Waals surface area contributed by atoms with Crippen LogP contribution in [0.4, 0.5) is 8.78 Å². The third-order valence-electron chi connectivity index (χ3n) is 2.58. The summed E-state index contributed by atoms with van der Waals surface area (Å²) in [7, 11) is 0. The lowest BCUT2D eigenvalue weighted by Gasteiger charge is -2.36. The molecule has 1 aliphatic rings. The Morgan fingerprint density at radius 2 is 2.20 bits per heavy atom. The first-order valence-corrected chi connectivity index (χ1v) is 5.11. The van der Waals surface area contributed by atoms with Gasteiger partial charge in [-0.1, -0.05) is 13.0 Å². The number of likely N-dealkylation sites (tertiary alicyclic amines) is 1. The lowest BCUT2D eigenvalue weighted by molar-refractivity contribution is 0.102. The second kappa shape index (κ2) is 4.23. The molecule has 0 unspecified atom stereocenters. The molecule has 1 fully saturated rings. The minimum absolute atomic E-state index is 0.124. The van der Waals surface area contributed by atoms with Crippen molar-refractivity contribution in [2.75, 3.05) is 13.1 Å². The van der Waals surface area contributed by atoms with Gasteiger partial charge in [0.05, 0.1) is 5.69 Å². The van der Waals surface area contributed by atoms with E-state index in [1.807, 2.05) is 0 Å². The molecule has 15 heavy (non-hydrogen) atoms. The van der Waals surface area contributed by atoms with Crippen LogP contribution in [0, 0.1) is 5.92 Å². The van der Waals surface area contributed by atoms with Gasteiger partial charge >= 0.3 is 0 Å². The fourth-order valence-corrected chi connectivity index (χ4v) is 1.89. The highest BCUT2D eigenvalue weighted by atomic mass is 19.3. The number of nitrogens with zero attached hydrogens (tertiary/aromatic N) is 2. The predicted octanol–water partition coefficient (Wildman–Crippen LogP) is 2.47. The number of pyridine rings is 1. The topological polar surface area (TPSA) is 16.1 Å². The molecule has 0 N–H and O–H groups in total. The van der Waals surface area contributed by atoms with Gasteiger partial charge in [-0.05, 0) is 18.1 Å². The largest absolute Gasteiger partial charge is 0.297 e. The third kappa shape index (κ3) is 2.50. The summed E-state index contributed by atoms with van der Waals surface area (Å²) in [6.45, 7) is 4.95. The van der Waals surface area contributed by atoms with E-state index in [4.69, 9.17) is 0 Å². The first-order chi connectivity index (χ1) is 7.15. The molecule has 0 amide bonds. The van der Waals surface area contributed by atoms with Crippen LogP contribution >= 0.6 is 0 Å². The number of hydrogen-bond acceptors (Lipinski definition) is 2. The first kappa shape index (κ1) is 10.5. The lowest BCUT2D eigenvalue weighted by Crippen LogP contribution is -2.44. The molecule has 82 valence electrons. The van der Waals surface area contributed by atoms with Crippen LogP contribution in [-0.4, -0.2) is 23.0 Å². The van der Waals surface area contributed by atoms with Gasteiger partial charge in [0.2, 0.25) is 0 Å². The fourth-order valence-electron chi connectivity index (χ4n) is 1.89. The maximum Gasteiger partial charge on any atom is 0.280 e. The Kier molecular flexibility index (Phi) is 2.95. The van der Waals surface area contributed by atoms with E-state index in [-0.39, 0.29) is 5.69 Å². The Balaban J connectivity index is 1.99. The van der Waals surface area contributed by atoms with Crippen LogP contribution in [-0.2, 0) is 6.54 Å². The van der Waals surface area contributed by atoms with Gasteiger partial charge in [0.1, 0.15) is 5.69 Å². The van der Waals surface area contributed by atoms with Gasteiger partial charge in [0.15, 0.2) is 0 Å². The molecule has 0 aliphatic carbocycles. The van der Waals surface area contributed by atoms with Crippen LogP contribution in [0.25, 0.3) is 0 Å². The van der Waals surface area contributed by atoms with E-state index in [9.17, 15) is 8.78 Å². The van der Waals surface area contributed by atoms with Crippen molar-refractivity contribution in [3.8, 4) is 0 Å². The quantitative estimate of drug-likeness (QED) is 0.765. The molecule has 0 atom stereocenters. The van der Waals surface area contributed by atoms with E-state index in [1.165, 1.54) is 6.07 Å². The Labute approximate surface area is 87.9 Å². The van der Waals surface area contributed by atoms with Gasteiger partial charge in [0.25, 0.3) is 6.43 Å². The highest BCUT2D eigenvalue weighted by molar-refractivity contribution is 5.12. The summed E-state index contributed by atoms with van der Waals surface area (Å²) < 4.78 is 24.7. The Hall–Kier alpha value is -1.03. The van der Waals surface area contributed by atoms with Crippen LogP contribution in [0.5, 0.6) is 0 Å². The molecule has 4 heteroatoms. The zero-order chi connectivity index (χ0) is 10.8. The van der Waals surface area contributed by atoms with Crippen LogP contribution in [0.2, 0.25) is 0 Å². The number of hydrogen-bond donors (Lipinski definition) is 0. The first-order valence-electron chi connectivity index (χ1n) is 5.11. The molecule has 2 rings (SSSR count). The van der Waals surface area contributed by atoms with E-state index in [1.54, 1.807) is 12.1 Å². The molecular formula is C11H14F2N2. The van der Waals surface area contributed by atoms with Gasteiger partial charge in [-0.3, -0.25) is 9.88 Å². The molecule has 1 aromatic rings. The molecule has 0 saturated carbocycles. The Bertz CT molecular complexity index is 335. The summed E-state index contributed by atoms with van der Waals surface area (Å²) in [4.78, 5) is 6.14. The summed E-state index contributed by atoms with van der Waals surface area (Å²) in [5.41, 5.74) is 0.612. The SMILES string of the molecule is CC1CN(Cc2cccc(C(F)F)n2)C1. The van der Waals surface area contributed by atoms with Gasteiger partial charge in [0, 0.05) is 19.6 Å². The van der Waals surface area contributed by atoms with Gasteiger partial charge in [-0.15, -0.1) is 0 Å². The highest BCUT2D eigenvalue weighted by Crippen LogP contribution is 2.19. The summed E-state index contributed by atoms with van der Waals surface area (Å²) in [6, 6.07) is 4.81. The van der Waals surface area contributed by atoms with Crippen molar-refractivity contribution in [3.05, 3.63) is 29.6 Å². The van der Waals surface area contributed by atoms with Crippen molar-refractivity contribution in [1.82, 2.24) is 9.88 Å². The van der Waals surface area contributed by atoms with E-state index in [0.29, 0.717) is 6.54 Å². The average Bonchev–Trinajstić information content (AvgIpc) is 2.16. The second-order valence-electron chi connectivity index (χ2n) is 4.15. The lowest BCUT2D eigenvalue weighted by atomic mass is 10.0. The van der Waals surface area contributed by atoms with Crippen molar-refractivity contribution in [2.45, 2.75) is 19.9 Å². The molecule has 1 aromatic heterocycles. The van der Waals surface area contributed by atoms with Gasteiger partial charge in [-0.2, -0.15) is 0 Å². The van der Waals surface area contributed by atoms with Crippen molar-refractivity contribution in [3.63, 3.8) is 0 Å². The monoisotopic (exact) mass is 212 g/mol. The van der Waals surface area contributed by atoms with Crippen molar-refractivity contribution < 1.29 is 8.78 Å². The number of aromatic nitrogens is 1. The van der Waals surface area contributed by atoms with Crippen LogP contribution < -0.4 is 0 Å². The molecule has 0 aromatic carbocycles. The fraction of sp³-hybridized carbons (Fsp3) is 0.545. The molecule has 0 spiro atoms. The van der Waals surface area contributed by atoms with Gasteiger partial charge < -0.3 is 0 Å². The molecule has 2 nitrogen and oxygen atoms in total. The van der Waals surface area contributed by atoms with E-state index >= 15 is 0 Å². The number of rotatable bonds is 3. The van der Waals surface area contributed by atoms with Crippen LogP contribution in [0.1, 0.15) is 24.7 Å². The molecular weight excluding hydrogens is 198 g/mol. The van der Waals surface area contributed by atoms with Crippen LogP contribution in [0.3, 0.4) is 0 Å². The van der Waals surface area contributed by atoms with Crippen molar-refractivity contribution in [1.29, 1.82) is 0 Å². The van der Waals surface area contributed by atoms with Crippen molar-refractivity contribution in [2.24, 2.45) is 5.92 Å². The normalized spacial score (nSPS) is 18.1. The van der Waals surface area contributed by atoms with Crippen molar-refractivity contribution >= 4 is 0 Å². The highest BCUT2D eigenvalue weighted by Gasteiger charge is 2.22. The summed E-state index contributed by atoms with van der Waals surface area (Å²) in [5.74, 6) is 0.725. The summed E-state index contributed by atoms with van der Waals surface area (Å²) >= 11 is 0. The summed E-state index contributed by atoms with van der Waals surface area (Å²) in [5, 5.41) is 0. The molecule has 1 saturated heterocycles. The standard InChI is InChI=1S/C11H14F2N2/c1-8-5-15(6-8)7-9-3-2-4-10(14-9)11(12)13/h2-4,8,11H,5-7H2,1H3. The Morgan fingerprint density at radius 1 is 1.47 bits per heavy atom. The molecule has 0 radical (unpaired) electrons. The molecule has 0 bridgehead atoms. The second-order valence-corrected chi connectivity index (χ2v) is 4.15. The van der Waals surface area contributed by atoms with Gasteiger partial charge in [-0.25, -0.2) is 8.78 Å². The average molecular weight is 212 g/mol. The molecule has 1 aliphatic heterocycles. The number of halogens is 2. The molecule has 2 heterocycles. The minimum atomic E-state index is -2.47. The third-order valence-corrected chi connectivity index (χ3v) is 2.58. The predicted molar refractivity (Wildman–Crippen MR) is 53.6 cm³/mol. The Morgan fingerprint density at radius 3 is 2.80 bits per heavy atom. The van der Waals surface area contributed by atoms with E-state index in [0.717, 1.165) is 24.7 Å². The van der Waals surface area contributed by atoms with Crippen LogP contribution in [0.15, 0.2) is 18.2 Å². The number of alkyl halides is 2. The van der Waals surface area contributed by atoms with E-state index in [2.05, 4.69) is 16.8 Å². The maximum atomic E-state index is 12.4. The minimum Gasteiger partial charge on any atom is -0.297 e. The zero-order valence-electron chi connectivity index (χ0n) is 8.66. The van der Waals surface area contributed by atoms with E-state index < -0.39 is 6.43 Å². The smallest absolute Gasteiger partial charge is 0.280 e. The zero-order valence-corrected chi connectivity index (χ0v) is 8.66. The summed E-state index contributed by atoms with van der Waals surface area (Å²) in [6.07, 6.45) is -2.47.